The summed E-state index contributed by atoms with van der Waals surface area (Å²) in [5.41, 5.74) is -0.564. The van der Waals surface area contributed by atoms with Crippen LogP contribution in [0.4, 0.5) is 4.79 Å². The Morgan fingerprint density at radius 3 is 2.53 bits per heavy atom. The van der Waals surface area contributed by atoms with Crippen molar-refractivity contribution in [1.29, 1.82) is 0 Å². The molecule has 2 atom stereocenters. The van der Waals surface area contributed by atoms with Crippen LogP contribution in [0.1, 0.15) is 40.5 Å². The standard InChI is InChI=1S/C13H23NO5/c1-5-6-7-17-11(15)10-9(8-18-10)14-12(16)19-13(2,3)4/h9-10H,5-8H2,1-4H3,(H,14,16)/t9-,10+/m0/s1. The lowest BCUT2D eigenvalue weighted by Crippen LogP contribution is -2.60. The van der Waals surface area contributed by atoms with Crippen LogP contribution in [0.25, 0.3) is 0 Å². The molecule has 0 aliphatic carbocycles. The first kappa shape index (κ1) is 15.8. The predicted molar refractivity (Wildman–Crippen MR) is 68.8 cm³/mol. The number of ether oxygens (including phenoxy) is 3. The van der Waals surface area contributed by atoms with Crippen LogP contribution >= 0.6 is 0 Å². The van der Waals surface area contributed by atoms with Gasteiger partial charge in [-0.05, 0) is 27.2 Å². The van der Waals surface area contributed by atoms with Gasteiger partial charge in [0.05, 0.1) is 19.3 Å². The summed E-state index contributed by atoms with van der Waals surface area (Å²) in [6, 6.07) is -0.371. The van der Waals surface area contributed by atoms with Crippen molar-refractivity contribution in [1.82, 2.24) is 5.32 Å². The highest BCUT2D eigenvalue weighted by Crippen LogP contribution is 2.16. The number of rotatable bonds is 5. The van der Waals surface area contributed by atoms with Gasteiger partial charge in [-0.1, -0.05) is 13.3 Å². The molecule has 0 spiro atoms. The minimum atomic E-state index is -0.718. The number of alkyl carbamates (subject to hydrolysis) is 1. The molecule has 19 heavy (non-hydrogen) atoms. The van der Waals surface area contributed by atoms with Gasteiger partial charge in [0.2, 0.25) is 0 Å². The highest BCUT2D eigenvalue weighted by Gasteiger charge is 2.41. The van der Waals surface area contributed by atoms with Crippen molar-refractivity contribution in [3.8, 4) is 0 Å². The minimum absolute atomic E-state index is 0.298. The van der Waals surface area contributed by atoms with E-state index in [2.05, 4.69) is 5.32 Å². The lowest BCUT2D eigenvalue weighted by atomic mass is 10.1. The Bertz CT molecular complexity index is 323. The molecule has 0 unspecified atom stereocenters. The fourth-order valence-electron chi connectivity index (χ4n) is 1.50. The molecule has 1 N–H and O–H groups in total. The molecular weight excluding hydrogens is 250 g/mol. The molecule has 6 nitrogen and oxygen atoms in total. The summed E-state index contributed by atoms with van der Waals surface area (Å²) in [6.45, 7) is 8.03. The number of esters is 1. The molecule has 0 aromatic rings. The number of hydrogen-bond donors (Lipinski definition) is 1. The number of carbonyl (C=O) groups is 2. The fraction of sp³-hybridized carbons (Fsp3) is 0.846. The van der Waals surface area contributed by atoms with Gasteiger partial charge in [-0.15, -0.1) is 0 Å². The second-order valence-corrected chi connectivity index (χ2v) is 5.53. The molecule has 110 valence electrons. The van der Waals surface area contributed by atoms with Crippen LogP contribution in [0.15, 0.2) is 0 Å². The summed E-state index contributed by atoms with van der Waals surface area (Å²) < 4.78 is 15.3. The maximum absolute atomic E-state index is 11.6. The van der Waals surface area contributed by atoms with E-state index in [0.29, 0.717) is 13.2 Å². The minimum Gasteiger partial charge on any atom is -0.464 e. The zero-order chi connectivity index (χ0) is 14.5. The third-order valence-electron chi connectivity index (χ3n) is 2.50. The Labute approximate surface area is 113 Å². The van der Waals surface area contributed by atoms with Crippen molar-refractivity contribution in [3.63, 3.8) is 0 Å². The van der Waals surface area contributed by atoms with E-state index in [4.69, 9.17) is 14.2 Å². The van der Waals surface area contributed by atoms with Crippen LogP contribution in [-0.4, -0.2) is 43.0 Å². The Morgan fingerprint density at radius 1 is 1.37 bits per heavy atom. The molecule has 0 radical (unpaired) electrons. The summed E-state index contributed by atoms with van der Waals surface area (Å²) in [5.74, 6) is -0.430. The van der Waals surface area contributed by atoms with Crippen LogP contribution in [-0.2, 0) is 19.0 Å². The van der Waals surface area contributed by atoms with Crippen LogP contribution in [0.5, 0.6) is 0 Å². The SMILES string of the molecule is CCCCOC(=O)[C@@H]1OC[C@@H]1NC(=O)OC(C)(C)C. The molecule has 1 fully saturated rings. The van der Waals surface area contributed by atoms with Crippen molar-refractivity contribution in [3.05, 3.63) is 0 Å². The molecule has 1 amide bonds. The van der Waals surface area contributed by atoms with E-state index in [9.17, 15) is 9.59 Å². The number of amides is 1. The Hall–Kier alpha value is -1.30. The van der Waals surface area contributed by atoms with Crippen LogP contribution in [0.2, 0.25) is 0 Å². The lowest BCUT2D eigenvalue weighted by molar-refractivity contribution is -0.175. The number of carbonyl (C=O) groups excluding carboxylic acids is 2. The van der Waals surface area contributed by atoms with Gasteiger partial charge in [0.15, 0.2) is 6.10 Å². The topological polar surface area (TPSA) is 73.9 Å². The van der Waals surface area contributed by atoms with E-state index in [1.807, 2.05) is 6.92 Å². The molecule has 1 aliphatic heterocycles. The van der Waals surface area contributed by atoms with Gasteiger partial charge in [-0.25, -0.2) is 9.59 Å². The van der Waals surface area contributed by atoms with Gasteiger partial charge in [0.1, 0.15) is 5.60 Å². The smallest absolute Gasteiger partial charge is 0.408 e. The Kier molecular flexibility index (Phi) is 5.60. The average Bonchev–Trinajstić information content (AvgIpc) is 2.22. The Morgan fingerprint density at radius 2 is 2.05 bits per heavy atom. The molecule has 1 rings (SSSR count). The first-order valence-electron chi connectivity index (χ1n) is 6.61. The molecule has 1 aliphatic rings. The van der Waals surface area contributed by atoms with Gasteiger partial charge in [0, 0.05) is 0 Å². The summed E-state index contributed by atoms with van der Waals surface area (Å²) >= 11 is 0. The third kappa shape index (κ3) is 5.46. The first-order valence-corrected chi connectivity index (χ1v) is 6.61. The number of unbranched alkanes of at least 4 members (excludes halogenated alkanes) is 1. The third-order valence-corrected chi connectivity index (χ3v) is 2.50. The Balaban J connectivity index is 2.32. The maximum atomic E-state index is 11.6. The first-order chi connectivity index (χ1) is 8.83. The zero-order valence-corrected chi connectivity index (χ0v) is 12.0. The van der Waals surface area contributed by atoms with Crippen molar-refractivity contribution in [2.24, 2.45) is 0 Å². The molecular formula is C13H23NO5. The molecule has 0 bridgehead atoms. The van der Waals surface area contributed by atoms with E-state index in [0.717, 1.165) is 12.8 Å². The molecule has 1 heterocycles. The molecule has 1 saturated heterocycles. The fourth-order valence-corrected chi connectivity index (χ4v) is 1.50. The van der Waals surface area contributed by atoms with Crippen molar-refractivity contribution in [2.45, 2.75) is 58.3 Å². The van der Waals surface area contributed by atoms with Crippen LogP contribution < -0.4 is 5.32 Å². The van der Waals surface area contributed by atoms with Crippen molar-refractivity contribution in [2.75, 3.05) is 13.2 Å². The molecule has 0 aromatic heterocycles. The number of hydrogen-bond acceptors (Lipinski definition) is 5. The summed E-state index contributed by atoms with van der Waals surface area (Å²) in [5, 5.41) is 2.61. The van der Waals surface area contributed by atoms with Gasteiger partial charge in [-0.2, -0.15) is 0 Å². The highest BCUT2D eigenvalue weighted by atomic mass is 16.6. The predicted octanol–water partition coefficient (Wildman–Crippen LogP) is 1.62. The van der Waals surface area contributed by atoms with E-state index < -0.39 is 23.8 Å². The zero-order valence-electron chi connectivity index (χ0n) is 12.0. The molecule has 6 heteroatoms. The van der Waals surface area contributed by atoms with E-state index in [-0.39, 0.29) is 6.04 Å². The molecule has 0 aromatic carbocycles. The highest BCUT2D eigenvalue weighted by molar-refractivity contribution is 5.78. The van der Waals surface area contributed by atoms with Gasteiger partial charge in [-0.3, -0.25) is 0 Å². The molecule has 0 saturated carbocycles. The second-order valence-electron chi connectivity index (χ2n) is 5.53. The maximum Gasteiger partial charge on any atom is 0.408 e. The van der Waals surface area contributed by atoms with E-state index in [1.54, 1.807) is 20.8 Å². The van der Waals surface area contributed by atoms with Gasteiger partial charge in [0.25, 0.3) is 0 Å². The largest absolute Gasteiger partial charge is 0.464 e. The van der Waals surface area contributed by atoms with Crippen molar-refractivity contribution >= 4 is 12.1 Å². The van der Waals surface area contributed by atoms with Gasteiger partial charge < -0.3 is 19.5 Å². The summed E-state index contributed by atoms with van der Waals surface area (Å²) in [7, 11) is 0. The normalized spacial score (nSPS) is 22.3. The summed E-state index contributed by atoms with van der Waals surface area (Å²) in [6.07, 6.45) is 0.512. The quantitative estimate of drug-likeness (QED) is 0.608. The van der Waals surface area contributed by atoms with Crippen molar-refractivity contribution < 1.29 is 23.8 Å². The van der Waals surface area contributed by atoms with E-state index >= 15 is 0 Å². The van der Waals surface area contributed by atoms with E-state index in [1.165, 1.54) is 0 Å². The van der Waals surface area contributed by atoms with Gasteiger partial charge >= 0.3 is 12.1 Å². The average molecular weight is 273 g/mol. The monoisotopic (exact) mass is 273 g/mol. The summed E-state index contributed by atoms with van der Waals surface area (Å²) in [4.78, 5) is 23.2. The number of nitrogens with one attached hydrogen (secondary N) is 1. The van der Waals surface area contributed by atoms with Crippen LogP contribution in [0.3, 0.4) is 0 Å². The lowest BCUT2D eigenvalue weighted by Gasteiger charge is -2.35. The van der Waals surface area contributed by atoms with Crippen LogP contribution in [0, 0.1) is 0 Å². The second kappa shape index (κ2) is 6.75.